The number of aliphatic hydroxyl groups is 1. The number of hydrogen-bond acceptors (Lipinski definition) is 4. The molecule has 0 bridgehead atoms. The largest absolute Gasteiger partial charge is 0.479 e. The summed E-state index contributed by atoms with van der Waals surface area (Å²) in [5.74, 6) is -2.09. The minimum Gasteiger partial charge on any atom is -0.479 e. The van der Waals surface area contributed by atoms with Gasteiger partial charge in [0.05, 0.1) is 12.5 Å². The predicted octanol–water partition coefficient (Wildman–Crippen LogP) is 0.302. The van der Waals surface area contributed by atoms with Crippen molar-refractivity contribution in [2.75, 3.05) is 19.6 Å². The van der Waals surface area contributed by atoms with Gasteiger partial charge in [-0.05, 0) is 32.6 Å². The molecule has 0 aromatic rings. The van der Waals surface area contributed by atoms with Crippen LogP contribution in [-0.4, -0.2) is 64.3 Å². The summed E-state index contributed by atoms with van der Waals surface area (Å²) >= 11 is 0. The Morgan fingerprint density at radius 1 is 1.17 bits per heavy atom. The van der Waals surface area contributed by atoms with Gasteiger partial charge in [0.15, 0.2) is 5.60 Å². The Morgan fingerprint density at radius 3 is 2.46 bits per heavy atom. The molecule has 2 rings (SSSR count). The van der Waals surface area contributed by atoms with Gasteiger partial charge in [-0.2, -0.15) is 0 Å². The summed E-state index contributed by atoms with van der Waals surface area (Å²) in [4.78, 5) is 37.0. The number of carbonyl (C=O) groups excluding carboxylic acids is 2. The van der Waals surface area contributed by atoms with Gasteiger partial charge >= 0.3 is 12.0 Å². The summed E-state index contributed by atoms with van der Waals surface area (Å²) in [6, 6.07) is 0.106. The molecule has 8 nitrogen and oxygen atoms in total. The third-order valence-corrected chi connectivity index (χ3v) is 4.83. The standard InChI is InChI=1S/C16H27N3O5/c1-16(24,14(21)22)10-17-13(20)11-5-4-8-19(9-11)15(23)18-12-6-2-3-7-12/h11-12,24H,2-10H2,1H3,(H,17,20)(H,18,23)(H,21,22). The number of urea groups is 1. The molecule has 2 unspecified atom stereocenters. The quantitative estimate of drug-likeness (QED) is 0.573. The Balaban J connectivity index is 1.82. The van der Waals surface area contributed by atoms with Crippen LogP contribution < -0.4 is 10.6 Å². The molecule has 0 aromatic heterocycles. The summed E-state index contributed by atoms with van der Waals surface area (Å²) in [5, 5.41) is 24.0. The van der Waals surface area contributed by atoms with Crippen molar-refractivity contribution >= 4 is 17.9 Å². The van der Waals surface area contributed by atoms with Crippen LogP contribution in [0, 0.1) is 5.92 Å². The number of carboxylic acids is 1. The Kier molecular flexibility index (Phi) is 6.04. The van der Waals surface area contributed by atoms with Gasteiger partial charge in [0.1, 0.15) is 0 Å². The number of aliphatic carboxylic acids is 1. The maximum atomic E-state index is 12.3. The number of carboxylic acid groups (broad SMARTS) is 1. The van der Waals surface area contributed by atoms with Gasteiger partial charge in [0, 0.05) is 19.1 Å². The molecule has 1 saturated carbocycles. The third-order valence-electron chi connectivity index (χ3n) is 4.83. The Bertz CT molecular complexity index is 488. The highest BCUT2D eigenvalue weighted by atomic mass is 16.4. The van der Waals surface area contributed by atoms with E-state index in [4.69, 9.17) is 5.11 Å². The van der Waals surface area contributed by atoms with Crippen molar-refractivity contribution in [2.45, 2.75) is 57.1 Å². The number of nitrogens with zero attached hydrogens (tertiary/aromatic N) is 1. The van der Waals surface area contributed by atoms with Gasteiger partial charge in [-0.3, -0.25) is 4.79 Å². The fourth-order valence-corrected chi connectivity index (χ4v) is 3.19. The first-order chi connectivity index (χ1) is 11.3. The molecule has 1 saturated heterocycles. The summed E-state index contributed by atoms with van der Waals surface area (Å²) in [6.07, 6.45) is 5.67. The van der Waals surface area contributed by atoms with Crippen LogP contribution in [0.5, 0.6) is 0 Å². The number of piperidine rings is 1. The Hall–Kier alpha value is -1.83. The van der Waals surface area contributed by atoms with E-state index in [1.54, 1.807) is 4.90 Å². The molecule has 2 atom stereocenters. The second kappa shape index (κ2) is 7.83. The van der Waals surface area contributed by atoms with Crippen LogP contribution in [0.1, 0.15) is 45.4 Å². The first-order valence-electron chi connectivity index (χ1n) is 8.58. The van der Waals surface area contributed by atoms with Gasteiger partial charge in [0.25, 0.3) is 0 Å². The first kappa shape index (κ1) is 18.5. The zero-order valence-electron chi connectivity index (χ0n) is 14.1. The zero-order chi connectivity index (χ0) is 17.7. The van der Waals surface area contributed by atoms with Crippen LogP contribution in [0.4, 0.5) is 4.79 Å². The minimum atomic E-state index is -2.00. The normalized spacial score (nSPS) is 24.2. The number of amides is 3. The average Bonchev–Trinajstić information content (AvgIpc) is 3.05. The molecule has 136 valence electrons. The third kappa shape index (κ3) is 4.83. The number of hydrogen-bond donors (Lipinski definition) is 4. The number of nitrogens with one attached hydrogen (secondary N) is 2. The molecule has 0 spiro atoms. The van der Waals surface area contributed by atoms with Crippen molar-refractivity contribution < 1.29 is 24.6 Å². The van der Waals surface area contributed by atoms with E-state index in [0.717, 1.165) is 39.0 Å². The van der Waals surface area contributed by atoms with E-state index < -0.39 is 11.6 Å². The second-order valence-electron chi connectivity index (χ2n) is 7.01. The fraction of sp³-hybridized carbons (Fsp3) is 0.812. The molecule has 1 aliphatic carbocycles. The monoisotopic (exact) mass is 341 g/mol. The average molecular weight is 341 g/mol. The van der Waals surface area contributed by atoms with Crippen LogP contribution in [0.2, 0.25) is 0 Å². The van der Waals surface area contributed by atoms with Gasteiger partial charge in [0.2, 0.25) is 5.91 Å². The predicted molar refractivity (Wildman–Crippen MR) is 86.4 cm³/mol. The molecule has 0 aromatic carbocycles. The SMILES string of the molecule is CC(O)(CNC(=O)C1CCCN(C(=O)NC2CCCC2)C1)C(=O)O. The van der Waals surface area contributed by atoms with Gasteiger partial charge in [-0.15, -0.1) is 0 Å². The number of rotatable bonds is 5. The molecule has 2 fully saturated rings. The van der Waals surface area contributed by atoms with Crippen LogP contribution in [0.25, 0.3) is 0 Å². The van der Waals surface area contributed by atoms with Crippen molar-refractivity contribution in [1.29, 1.82) is 0 Å². The molecule has 1 aliphatic heterocycles. The van der Waals surface area contributed by atoms with Gasteiger partial charge in [-0.1, -0.05) is 12.8 Å². The van der Waals surface area contributed by atoms with E-state index in [0.29, 0.717) is 19.5 Å². The number of carbonyl (C=O) groups is 3. The molecule has 4 N–H and O–H groups in total. The molecule has 1 heterocycles. The van der Waals surface area contributed by atoms with Crippen LogP contribution >= 0.6 is 0 Å². The van der Waals surface area contributed by atoms with E-state index >= 15 is 0 Å². The van der Waals surface area contributed by atoms with Gasteiger partial charge < -0.3 is 25.7 Å². The Labute approximate surface area is 141 Å². The molecule has 8 heteroatoms. The van der Waals surface area contributed by atoms with E-state index in [-0.39, 0.29) is 30.4 Å². The summed E-state index contributed by atoms with van der Waals surface area (Å²) < 4.78 is 0. The highest BCUT2D eigenvalue weighted by molar-refractivity contribution is 5.82. The minimum absolute atomic E-state index is 0.128. The lowest BCUT2D eigenvalue weighted by Gasteiger charge is -2.33. The summed E-state index contributed by atoms with van der Waals surface area (Å²) in [5.41, 5.74) is -2.00. The summed E-state index contributed by atoms with van der Waals surface area (Å²) in [6.45, 7) is 1.72. The topological polar surface area (TPSA) is 119 Å². The molecular weight excluding hydrogens is 314 g/mol. The van der Waals surface area contributed by atoms with E-state index in [9.17, 15) is 19.5 Å². The van der Waals surface area contributed by atoms with E-state index in [2.05, 4.69) is 10.6 Å². The van der Waals surface area contributed by atoms with Crippen LogP contribution in [0.3, 0.4) is 0 Å². The van der Waals surface area contributed by atoms with Crippen LogP contribution in [0.15, 0.2) is 0 Å². The molecule has 3 amide bonds. The lowest BCUT2D eigenvalue weighted by atomic mass is 9.97. The smallest absolute Gasteiger partial charge is 0.337 e. The van der Waals surface area contributed by atoms with Crippen molar-refractivity contribution in [2.24, 2.45) is 5.92 Å². The van der Waals surface area contributed by atoms with Crippen molar-refractivity contribution in [1.82, 2.24) is 15.5 Å². The zero-order valence-corrected chi connectivity index (χ0v) is 14.1. The highest BCUT2D eigenvalue weighted by Crippen LogP contribution is 2.20. The fourth-order valence-electron chi connectivity index (χ4n) is 3.19. The van der Waals surface area contributed by atoms with E-state index in [1.807, 2.05) is 0 Å². The molecule has 24 heavy (non-hydrogen) atoms. The molecule has 0 radical (unpaired) electrons. The second-order valence-corrected chi connectivity index (χ2v) is 7.01. The lowest BCUT2D eigenvalue weighted by molar-refractivity contribution is -0.156. The number of likely N-dealkylation sites (tertiary alicyclic amines) is 1. The highest BCUT2D eigenvalue weighted by Gasteiger charge is 2.33. The summed E-state index contributed by atoms with van der Waals surface area (Å²) in [7, 11) is 0. The molecule has 2 aliphatic rings. The van der Waals surface area contributed by atoms with Gasteiger partial charge in [-0.25, -0.2) is 9.59 Å². The van der Waals surface area contributed by atoms with Crippen molar-refractivity contribution in [3.05, 3.63) is 0 Å². The Morgan fingerprint density at radius 2 is 1.83 bits per heavy atom. The first-order valence-corrected chi connectivity index (χ1v) is 8.58. The lowest BCUT2D eigenvalue weighted by Crippen LogP contribution is -2.52. The van der Waals surface area contributed by atoms with Crippen molar-refractivity contribution in [3.63, 3.8) is 0 Å². The maximum absolute atomic E-state index is 12.3. The van der Waals surface area contributed by atoms with E-state index in [1.165, 1.54) is 0 Å². The maximum Gasteiger partial charge on any atom is 0.337 e. The molecular formula is C16H27N3O5. The van der Waals surface area contributed by atoms with Crippen LogP contribution in [-0.2, 0) is 9.59 Å². The van der Waals surface area contributed by atoms with Crippen molar-refractivity contribution in [3.8, 4) is 0 Å².